The number of primary amides is 1. The number of benzene rings is 1. The fraction of sp³-hybridized carbons (Fsp3) is 0.300. The maximum atomic E-state index is 13.3. The third-order valence-corrected chi connectivity index (χ3v) is 5.99. The lowest BCUT2D eigenvalue weighted by Crippen LogP contribution is -2.36. The molecule has 0 aliphatic carbocycles. The molecule has 3 N–H and O–H groups in total. The molecule has 0 saturated heterocycles. The van der Waals surface area contributed by atoms with Crippen LogP contribution in [0.2, 0.25) is 0 Å². The number of hydrogen-bond donors (Lipinski definition) is 2. The number of carbonyl (C=O) groups is 2. The van der Waals surface area contributed by atoms with Crippen LogP contribution in [0.3, 0.4) is 0 Å². The van der Waals surface area contributed by atoms with Gasteiger partial charge in [0.25, 0.3) is 5.56 Å². The number of thiophene rings is 1. The monoisotopic (exact) mass is 415 g/mol. The van der Waals surface area contributed by atoms with Gasteiger partial charge in [0, 0.05) is 6.42 Å². The zero-order valence-electron chi connectivity index (χ0n) is 16.3. The minimum Gasteiger partial charge on any atom is -0.497 e. The molecular formula is C20H21N3O5S. The third kappa shape index (κ3) is 3.73. The van der Waals surface area contributed by atoms with E-state index in [2.05, 4.69) is 4.98 Å². The molecule has 1 amide bonds. The second kappa shape index (κ2) is 8.04. The van der Waals surface area contributed by atoms with Gasteiger partial charge in [-0.1, -0.05) is 19.1 Å². The number of carbonyl (C=O) groups excluding carboxylic acids is 1. The molecule has 0 saturated carbocycles. The number of rotatable bonds is 7. The highest BCUT2D eigenvalue weighted by Gasteiger charge is 2.26. The van der Waals surface area contributed by atoms with E-state index in [0.717, 1.165) is 16.9 Å². The Labute approximate surface area is 170 Å². The van der Waals surface area contributed by atoms with E-state index < -0.39 is 23.5 Å². The fourth-order valence-electron chi connectivity index (χ4n) is 3.32. The molecule has 8 nitrogen and oxygen atoms in total. The Kier molecular flexibility index (Phi) is 5.69. The van der Waals surface area contributed by atoms with Crippen molar-refractivity contribution in [3.63, 3.8) is 0 Å². The van der Waals surface area contributed by atoms with Crippen LogP contribution in [0.1, 0.15) is 46.0 Å². The highest BCUT2D eigenvalue weighted by molar-refractivity contribution is 7.20. The van der Waals surface area contributed by atoms with Crippen LogP contribution in [0, 0.1) is 6.92 Å². The molecule has 0 spiro atoms. The van der Waals surface area contributed by atoms with Gasteiger partial charge in [-0.2, -0.15) is 0 Å². The molecule has 0 fully saturated rings. The number of carboxylic acid groups (broad SMARTS) is 1. The summed E-state index contributed by atoms with van der Waals surface area (Å²) >= 11 is 0.953. The van der Waals surface area contributed by atoms with Crippen LogP contribution in [-0.2, 0) is 11.2 Å². The van der Waals surface area contributed by atoms with Crippen LogP contribution in [0.4, 0.5) is 0 Å². The number of aromatic nitrogens is 2. The number of nitrogens with two attached hydrogens (primary N) is 1. The molecule has 29 heavy (non-hydrogen) atoms. The van der Waals surface area contributed by atoms with Crippen molar-refractivity contribution in [3.8, 4) is 5.75 Å². The molecule has 9 heteroatoms. The highest BCUT2D eigenvalue weighted by Crippen LogP contribution is 2.29. The summed E-state index contributed by atoms with van der Waals surface area (Å²) in [6.45, 7) is 3.33. The van der Waals surface area contributed by atoms with Crippen molar-refractivity contribution in [2.45, 2.75) is 32.7 Å². The van der Waals surface area contributed by atoms with Gasteiger partial charge in [-0.15, -0.1) is 11.3 Å². The maximum absolute atomic E-state index is 13.3. The van der Waals surface area contributed by atoms with Crippen molar-refractivity contribution < 1.29 is 19.4 Å². The second-order valence-corrected chi connectivity index (χ2v) is 7.60. The standard InChI is InChI=1S/C20H21N3O5S/c1-4-13(17(21)24)23-14(9-11-5-7-12(28-3)8-6-11)22-18-15(19(23)25)10(2)16(29-18)20(26)27/h5-8,13H,4,9H2,1-3H3,(H2,21,24)(H,26,27). The van der Waals surface area contributed by atoms with Gasteiger partial charge in [0.15, 0.2) is 0 Å². The van der Waals surface area contributed by atoms with Gasteiger partial charge in [-0.05, 0) is 36.6 Å². The smallest absolute Gasteiger partial charge is 0.346 e. The molecule has 0 aliphatic rings. The van der Waals surface area contributed by atoms with E-state index in [1.54, 1.807) is 33.1 Å². The number of fused-ring (bicyclic) bond motifs is 1. The van der Waals surface area contributed by atoms with Crippen LogP contribution in [-0.4, -0.2) is 33.6 Å². The topological polar surface area (TPSA) is 125 Å². The Bertz CT molecular complexity index is 1150. The fourth-order valence-corrected chi connectivity index (χ4v) is 4.35. The first-order chi connectivity index (χ1) is 13.8. The molecule has 2 heterocycles. The molecular weight excluding hydrogens is 394 g/mol. The van der Waals surface area contributed by atoms with E-state index in [4.69, 9.17) is 10.5 Å². The van der Waals surface area contributed by atoms with Crippen LogP contribution in [0.25, 0.3) is 10.2 Å². The van der Waals surface area contributed by atoms with Crippen molar-refractivity contribution in [1.82, 2.24) is 9.55 Å². The van der Waals surface area contributed by atoms with Gasteiger partial charge in [0.2, 0.25) is 5.91 Å². The van der Waals surface area contributed by atoms with E-state index in [1.807, 2.05) is 12.1 Å². The minimum absolute atomic E-state index is 0.0601. The Morgan fingerprint density at radius 1 is 1.31 bits per heavy atom. The third-order valence-electron chi connectivity index (χ3n) is 4.81. The number of aromatic carboxylic acids is 1. The van der Waals surface area contributed by atoms with Crippen molar-refractivity contribution in [1.29, 1.82) is 0 Å². The molecule has 0 aliphatic heterocycles. The van der Waals surface area contributed by atoms with E-state index in [9.17, 15) is 19.5 Å². The lowest BCUT2D eigenvalue weighted by Gasteiger charge is -2.19. The van der Waals surface area contributed by atoms with Gasteiger partial charge in [0.1, 0.15) is 27.3 Å². The number of ether oxygens (including phenoxy) is 1. The van der Waals surface area contributed by atoms with E-state index in [0.29, 0.717) is 28.4 Å². The lowest BCUT2D eigenvalue weighted by molar-refractivity contribution is -0.121. The molecule has 0 bridgehead atoms. The van der Waals surface area contributed by atoms with Crippen LogP contribution in [0.5, 0.6) is 5.75 Å². The van der Waals surface area contributed by atoms with E-state index in [1.165, 1.54) is 4.57 Å². The quantitative estimate of drug-likeness (QED) is 0.611. The average Bonchev–Trinajstić information content (AvgIpc) is 3.02. The predicted molar refractivity (Wildman–Crippen MR) is 110 cm³/mol. The van der Waals surface area contributed by atoms with Crippen molar-refractivity contribution >= 4 is 33.4 Å². The zero-order valence-corrected chi connectivity index (χ0v) is 17.1. The first-order valence-corrected chi connectivity index (χ1v) is 9.80. The summed E-state index contributed by atoms with van der Waals surface area (Å²) in [6, 6.07) is 6.39. The summed E-state index contributed by atoms with van der Waals surface area (Å²) in [5, 5.41) is 9.63. The predicted octanol–water partition coefficient (Wildman–Crippen LogP) is 2.50. The summed E-state index contributed by atoms with van der Waals surface area (Å²) in [5.74, 6) is -0.706. The van der Waals surface area contributed by atoms with Gasteiger partial charge in [-0.3, -0.25) is 14.2 Å². The number of methoxy groups -OCH3 is 1. The number of hydrogen-bond acceptors (Lipinski definition) is 6. The van der Waals surface area contributed by atoms with E-state index >= 15 is 0 Å². The summed E-state index contributed by atoms with van der Waals surface area (Å²) in [5.41, 5.74) is 6.30. The van der Waals surface area contributed by atoms with Crippen LogP contribution >= 0.6 is 11.3 Å². The zero-order chi connectivity index (χ0) is 21.3. The van der Waals surface area contributed by atoms with Crippen molar-refractivity contribution in [2.75, 3.05) is 7.11 Å². The molecule has 152 valence electrons. The minimum atomic E-state index is -1.12. The van der Waals surface area contributed by atoms with Gasteiger partial charge in [-0.25, -0.2) is 9.78 Å². The van der Waals surface area contributed by atoms with Gasteiger partial charge in [0.05, 0.1) is 12.5 Å². The van der Waals surface area contributed by atoms with Crippen LogP contribution in [0.15, 0.2) is 29.1 Å². The normalized spacial score (nSPS) is 12.1. The number of amides is 1. The molecule has 1 unspecified atom stereocenters. The van der Waals surface area contributed by atoms with Crippen LogP contribution < -0.4 is 16.0 Å². The second-order valence-electron chi connectivity index (χ2n) is 6.60. The largest absolute Gasteiger partial charge is 0.497 e. The molecule has 1 atom stereocenters. The Balaban J connectivity index is 2.26. The van der Waals surface area contributed by atoms with Crippen molar-refractivity contribution in [3.05, 3.63) is 56.4 Å². The summed E-state index contributed by atoms with van der Waals surface area (Å²) in [7, 11) is 1.57. The maximum Gasteiger partial charge on any atom is 0.346 e. The van der Waals surface area contributed by atoms with Crippen molar-refractivity contribution in [2.24, 2.45) is 5.73 Å². The number of aryl methyl sites for hydroxylation is 1. The lowest BCUT2D eigenvalue weighted by atomic mass is 10.1. The molecule has 3 aromatic rings. The van der Waals surface area contributed by atoms with Gasteiger partial charge < -0.3 is 15.6 Å². The van der Waals surface area contributed by atoms with E-state index in [-0.39, 0.29) is 16.7 Å². The summed E-state index contributed by atoms with van der Waals surface area (Å²) in [4.78, 5) is 41.8. The molecule has 3 rings (SSSR count). The SMILES string of the molecule is CCC(C(N)=O)n1c(Cc2ccc(OC)cc2)nc2sc(C(=O)O)c(C)c2c1=O. The summed E-state index contributed by atoms with van der Waals surface area (Å²) < 4.78 is 6.47. The average molecular weight is 415 g/mol. The number of nitrogens with zero attached hydrogens (tertiary/aromatic N) is 2. The first-order valence-electron chi connectivity index (χ1n) is 8.98. The summed E-state index contributed by atoms with van der Waals surface area (Å²) in [6.07, 6.45) is 0.589. The molecule has 1 aromatic carbocycles. The van der Waals surface area contributed by atoms with Gasteiger partial charge >= 0.3 is 5.97 Å². The first kappa shape index (κ1) is 20.5. The Hall–Kier alpha value is -3.20. The Morgan fingerprint density at radius 2 is 1.97 bits per heavy atom. The molecule has 2 aromatic heterocycles. The Morgan fingerprint density at radius 3 is 2.48 bits per heavy atom. The molecule has 0 radical (unpaired) electrons. The highest BCUT2D eigenvalue weighted by atomic mass is 32.1. The number of carboxylic acids is 1.